The van der Waals surface area contributed by atoms with Gasteiger partial charge in [-0.3, -0.25) is 14.6 Å². The Bertz CT molecular complexity index is 1160. The molecule has 0 fully saturated rings. The summed E-state index contributed by atoms with van der Waals surface area (Å²) in [7, 11) is 0. The third kappa shape index (κ3) is 3.43. The van der Waals surface area contributed by atoms with Gasteiger partial charge in [-0.15, -0.1) is 0 Å². The lowest BCUT2D eigenvalue weighted by molar-refractivity contribution is -0.116. The van der Waals surface area contributed by atoms with Gasteiger partial charge in [0.2, 0.25) is 0 Å². The molecule has 2 aliphatic rings. The van der Waals surface area contributed by atoms with E-state index in [-0.39, 0.29) is 11.8 Å². The van der Waals surface area contributed by atoms with Crippen LogP contribution in [0.2, 0.25) is 5.02 Å². The van der Waals surface area contributed by atoms with Crippen LogP contribution in [0.25, 0.3) is 0 Å². The summed E-state index contributed by atoms with van der Waals surface area (Å²) in [6.07, 6.45) is 1.92. The zero-order chi connectivity index (χ0) is 21.4. The maximum absolute atomic E-state index is 14.0. The molecule has 5 rings (SSSR count). The fourth-order valence-electron chi connectivity index (χ4n) is 4.50. The van der Waals surface area contributed by atoms with Crippen LogP contribution in [0.1, 0.15) is 30.9 Å². The lowest BCUT2D eigenvalue weighted by Crippen LogP contribution is -2.52. The highest BCUT2D eigenvalue weighted by atomic mass is 35.5. The maximum atomic E-state index is 14.0. The molecule has 0 spiro atoms. The quantitative estimate of drug-likeness (QED) is 0.475. The molecule has 1 atom stereocenters. The van der Waals surface area contributed by atoms with Crippen molar-refractivity contribution in [2.45, 2.75) is 25.3 Å². The van der Waals surface area contributed by atoms with E-state index in [4.69, 9.17) is 11.6 Å². The smallest absolute Gasteiger partial charge is 0.294 e. The zero-order valence-corrected chi connectivity index (χ0v) is 17.6. The molecule has 1 aliphatic heterocycles. The van der Waals surface area contributed by atoms with Crippen molar-refractivity contribution in [3.8, 4) is 0 Å². The molecule has 0 saturated heterocycles. The van der Waals surface area contributed by atoms with Gasteiger partial charge in [0, 0.05) is 28.4 Å². The SMILES string of the molecule is O=C1CCCC2=C1C(c1ccc(Cl)cc1)N(c1ccccc1)C(=O)N2c1ccccc1. The Morgan fingerprint density at radius 3 is 2.00 bits per heavy atom. The molecule has 0 aromatic heterocycles. The Balaban J connectivity index is 1.78. The summed E-state index contributed by atoms with van der Waals surface area (Å²) < 4.78 is 0. The summed E-state index contributed by atoms with van der Waals surface area (Å²) in [6.45, 7) is 0. The maximum Gasteiger partial charge on any atom is 0.334 e. The minimum absolute atomic E-state index is 0.0931. The van der Waals surface area contributed by atoms with Crippen LogP contribution in [0, 0.1) is 0 Å². The number of Topliss-reactive ketones (excluding diaryl/α,β-unsaturated/α-hetero) is 1. The van der Waals surface area contributed by atoms with Gasteiger partial charge in [-0.05, 0) is 54.8 Å². The number of carbonyl (C=O) groups excluding carboxylic acids is 2. The predicted molar refractivity (Wildman–Crippen MR) is 123 cm³/mol. The standard InChI is InChI=1S/C26H21ClN2O2/c27-19-16-14-18(15-17-19)25-24-22(12-7-13-23(24)30)28(20-8-3-1-4-9-20)26(31)29(25)21-10-5-2-6-11-21/h1-6,8-11,14-17,25H,7,12-13H2. The van der Waals surface area contributed by atoms with Crippen molar-refractivity contribution >= 4 is 34.8 Å². The molecule has 4 nitrogen and oxygen atoms in total. The van der Waals surface area contributed by atoms with E-state index in [1.165, 1.54) is 0 Å². The normalized spacial score (nSPS) is 18.9. The third-order valence-electron chi connectivity index (χ3n) is 5.86. The highest BCUT2D eigenvalue weighted by Crippen LogP contribution is 2.45. The minimum atomic E-state index is -0.491. The van der Waals surface area contributed by atoms with Gasteiger partial charge >= 0.3 is 6.03 Å². The summed E-state index contributed by atoms with van der Waals surface area (Å²) in [5.74, 6) is 0.0931. The molecule has 31 heavy (non-hydrogen) atoms. The molecule has 5 heteroatoms. The van der Waals surface area contributed by atoms with Crippen LogP contribution in [0.5, 0.6) is 0 Å². The monoisotopic (exact) mass is 428 g/mol. The number of hydrogen-bond acceptors (Lipinski definition) is 2. The first-order valence-electron chi connectivity index (χ1n) is 10.4. The first-order valence-corrected chi connectivity index (χ1v) is 10.8. The summed E-state index contributed by atoms with van der Waals surface area (Å²) in [5.41, 5.74) is 3.89. The van der Waals surface area contributed by atoms with Crippen LogP contribution >= 0.6 is 11.6 Å². The lowest BCUT2D eigenvalue weighted by Gasteiger charge is -2.45. The van der Waals surface area contributed by atoms with E-state index in [1.807, 2.05) is 84.9 Å². The van der Waals surface area contributed by atoms with Crippen molar-refractivity contribution in [3.63, 3.8) is 0 Å². The third-order valence-corrected chi connectivity index (χ3v) is 6.11. The molecule has 154 valence electrons. The van der Waals surface area contributed by atoms with Crippen molar-refractivity contribution in [2.75, 3.05) is 9.80 Å². The second-order valence-electron chi connectivity index (χ2n) is 7.75. The predicted octanol–water partition coefficient (Wildman–Crippen LogP) is 6.54. The van der Waals surface area contributed by atoms with E-state index in [1.54, 1.807) is 9.80 Å². The van der Waals surface area contributed by atoms with Crippen molar-refractivity contribution in [1.29, 1.82) is 0 Å². The molecule has 1 aliphatic carbocycles. The van der Waals surface area contributed by atoms with Crippen molar-refractivity contribution < 1.29 is 9.59 Å². The van der Waals surface area contributed by atoms with Crippen molar-refractivity contribution in [1.82, 2.24) is 0 Å². The fraction of sp³-hybridized carbons (Fsp3) is 0.154. The van der Waals surface area contributed by atoms with Crippen LogP contribution < -0.4 is 9.80 Å². The Hall–Kier alpha value is -3.37. The van der Waals surface area contributed by atoms with Gasteiger partial charge in [0.25, 0.3) is 0 Å². The molecule has 0 N–H and O–H groups in total. The number of allylic oxidation sites excluding steroid dienone is 1. The zero-order valence-electron chi connectivity index (χ0n) is 16.9. The number of anilines is 2. The molecule has 0 bridgehead atoms. The topological polar surface area (TPSA) is 40.6 Å². The number of halogens is 1. The average Bonchev–Trinajstić information content (AvgIpc) is 2.80. The molecule has 0 radical (unpaired) electrons. The van der Waals surface area contributed by atoms with Crippen LogP contribution in [-0.2, 0) is 4.79 Å². The van der Waals surface area contributed by atoms with Crippen LogP contribution in [0.4, 0.5) is 16.2 Å². The number of para-hydroxylation sites is 2. The van der Waals surface area contributed by atoms with E-state index < -0.39 is 6.04 Å². The summed E-state index contributed by atoms with van der Waals surface area (Å²) in [6, 6.07) is 25.9. The number of urea groups is 1. The van der Waals surface area contributed by atoms with Crippen molar-refractivity contribution in [2.24, 2.45) is 0 Å². The Morgan fingerprint density at radius 1 is 0.742 bits per heavy atom. The molecular formula is C26H21ClN2O2. The van der Waals surface area contributed by atoms with Gasteiger partial charge in [0.15, 0.2) is 5.78 Å². The number of carbonyl (C=O) groups is 2. The number of hydrogen-bond donors (Lipinski definition) is 0. The number of amides is 2. The van der Waals surface area contributed by atoms with Crippen LogP contribution in [0.15, 0.2) is 96.2 Å². The van der Waals surface area contributed by atoms with Crippen LogP contribution in [0.3, 0.4) is 0 Å². The van der Waals surface area contributed by atoms with Crippen molar-refractivity contribution in [3.05, 3.63) is 107 Å². The van der Waals surface area contributed by atoms with Crippen LogP contribution in [-0.4, -0.2) is 11.8 Å². The Labute approximate surface area is 186 Å². The number of nitrogens with zero attached hydrogens (tertiary/aromatic N) is 2. The first-order chi connectivity index (χ1) is 15.1. The highest BCUT2D eigenvalue weighted by Gasteiger charge is 2.45. The minimum Gasteiger partial charge on any atom is -0.294 e. The fourth-order valence-corrected chi connectivity index (χ4v) is 4.63. The summed E-state index contributed by atoms with van der Waals surface area (Å²) >= 11 is 6.13. The molecule has 1 unspecified atom stereocenters. The van der Waals surface area contributed by atoms with Gasteiger partial charge < -0.3 is 0 Å². The van der Waals surface area contributed by atoms with Gasteiger partial charge in [-0.25, -0.2) is 4.79 Å². The molecule has 3 aromatic rings. The van der Waals surface area contributed by atoms with Gasteiger partial charge in [-0.1, -0.05) is 60.1 Å². The highest BCUT2D eigenvalue weighted by molar-refractivity contribution is 6.30. The molecule has 2 amide bonds. The van der Waals surface area contributed by atoms with E-state index in [0.717, 1.165) is 29.1 Å². The summed E-state index contributed by atoms with van der Waals surface area (Å²) in [5, 5.41) is 0.618. The van der Waals surface area contributed by atoms with Gasteiger partial charge in [0.05, 0.1) is 11.7 Å². The van der Waals surface area contributed by atoms with Gasteiger partial charge in [0.1, 0.15) is 0 Å². The van der Waals surface area contributed by atoms with E-state index >= 15 is 0 Å². The number of benzene rings is 3. The van der Waals surface area contributed by atoms with E-state index in [9.17, 15) is 9.59 Å². The number of rotatable bonds is 3. The molecule has 0 saturated carbocycles. The molecule has 1 heterocycles. The molecular weight excluding hydrogens is 408 g/mol. The number of ketones is 1. The Morgan fingerprint density at radius 2 is 1.35 bits per heavy atom. The second kappa shape index (κ2) is 8.05. The van der Waals surface area contributed by atoms with Gasteiger partial charge in [-0.2, -0.15) is 0 Å². The first kappa shape index (κ1) is 19.6. The Kier molecular flexibility index (Phi) is 5.08. The lowest BCUT2D eigenvalue weighted by atomic mass is 9.83. The molecule has 3 aromatic carbocycles. The largest absolute Gasteiger partial charge is 0.334 e. The second-order valence-corrected chi connectivity index (χ2v) is 8.19. The summed E-state index contributed by atoms with van der Waals surface area (Å²) in [4.78, 5) is 30.8. The van der Waals surface area contributed by atoms with E-state index in [0.29, 0.717) is 23.4 Å². The van der Waals surface area contributed by atoms with E-state index in [2.05, 4.69) is 0 Å². The average molecular weight is 429 g/mol.